The van der Waals surface area contributed by atoms with Gasteiger partial charge in [0.05, 0.1) is 13.2 Å². The highest BCUT2D eigenvalue weighted by Crippen LogP contribution is 2.33. The normalized spacial score (nSPS) is 12.6. The maximum Gasteiger partial charge on any atom is 0.119 e. The Morgan fingerprint density at radius 1 is 0.742 bits per heavy atom. The summed E-state index contributed by atoms with van der Waals surface area (Å²) in [6, 6.07) is 17.6. The van der Waals surface area contributed by atoms with Crippen molar-refractivity contribution in [2.24, 2.45) is 5.92 Å². The maximum atomic E-state index is 5.90. The van der Waals surface area contributed by atoms with Crippen molar-refractivity contribution >= 4 is 0 Å². The third-order valence-electron chi connectivity index (χ3n) is 5.77. The zero-order valence-corrected chi connectivity index (χ0v) is 21.9. The van der Waals surface area contributed by atoms with Crippen molar-refractivity contribution < 1.29 is 9.47 Å². The first kappa shape index (κ1) is 29.2. The van der Waals surface area contributed by atoms with Gasteiger partial charge in [-0.2, -0.15) is 0 Å². The van der Waals surface area contributed by atoms with Crippen LogP contribution in [0.15, 0.2) is 48.5 Å². The van der Waals surface area contributed by atoms with Gasteiger partial charge in [0.15, 0.2) is 0 Å². The molecule has 31 heavy (non-hydrogen) atoms. The van der Waals surface area contributed by atoms with Gasteiger partial charge in [-0.15, -0.1) is 0 Å². The zero-order valence-electron chi connectivity index (χ0n) is 21.9. The van der Waals surface area contributed by atoms with Gasteiger partial charge in [-0.1, -0.05) is 105 Å². The Hall–Kier alpha value is -1.80. The summed E-state index contributed by atoms with van der Waals surface area (Å²) in [6.07, 6.45) is 2.24. The fourth-order valence-corrected chi connectivity index (χ4v) is 3.31. The Balaban J connectivity index is 0.00000212. The fourth-order valence-electron chi connectivity index (χ4n) is 3.31. The molecule has 0 aliphatic heterocycles. The predicted octanol–water partition coefficient (Wildman–Crippen LogP) is 8.63. The lowest BCUT2D eigenvalue weighted by atomic mass is 9.77. The molecule has 2 aromatic rings. The Bertz CT molecular complexity index is 671. The molecular formula is C29H48O2. The van der Waals surface area contributed by atoms with Gasteiger partial charge < -0.3 is 9.47 Å². The van der Waals surface area contributed by atoms with E-state index in [1.54, 1.807) is 7.11 Å². The van der Waals surface area contributed by atoms with Crippen molar-refractivity contribution in [1.29, 1.82) is 0 Å². The van der Waals surface area contributed by atoms with Gasteiger partial charge in [0, 0.05) is 18.4 Å². The van der Waals surface area contributed by atoms with Crippen LogP contribution in [0.1, 0.15) is 97.8 Å². The van der Waals surface area contributed by atoms with Gasteiger partial charge in [-0.3, -0.25) is 0 Å². The number of methoxy groups -OCH3 is 1. The summed E-state index contributed by atoms with van der Waals surface area (Å²) in [7, 11) is 1.77. The summed E-state index contributed by atoms with van der Waals surface area (Å²) in [5.41, 5.74) is 3.94. The van der Waals surface area contributed by atoms with E-state index >= 15 is 0 Å². The molecule has 0 aliphatic carbocycles. The lowest BCUT2D eigenvalue weighted by Gasteiger charge is -2.27. The minimum atomic E-state index is -0.0449. The number of hydrogen-bond donors (Lipinski definition) is 0. The first-order valence-corrected chi connectivity index (χ1v) is 12.2. The van der Waals surface area contributed by atoms with Gasteiger partial charge in [0.2, 0.25) is 0 Å². The average molecular weight is 429 g/mol. The second-order valence-electron chi connectivity index (χ2n) is 8.16. The monoisotopic (exact) mass is 428 g/mol. The molecule has 0 bridgehead atoms. The minimum absolute atomic E-state index is 0.0449. The third-order valence-corrected chi connectivity index (χ3v) is 5.77. The van der Waals surface area contributed by atoms with Gasteiger partial charge in [-0.05, 0) is 41.2 Å². The summed E-state index contributed by atoms with van der Waals surface area (Å²) in [5.74, 6) is 2.01. The van der Waals surface area contributed by atoms with Crippen LogP contribution in [0.4, 0.5) is 0 Å². The maximum absolute atomic E-state index is 5.90. The summed E-state index contributed by atoms with van der Waals surface area (Å²) in [6.45, 7) is 20.7. The van der Waals surface area contributed by atoms with Crippen LogP contribution in [0, 0.1) is 5.92 Å². The molecule has 2 heteroatoms. The van der Waals surface area contributed by atoms with Gasteiger partial charge >= 0.3 is 0 Å². The Kier molecular flexibility index (Phi) is 15.0. The quantitative estimate of drug-likeness (QED) is 0.377. The van der Waals surface area contributed by atoms with Crippen LogP contribution < -0.4 is 4.74 Å². The number of ether oxygens (including phenoxy) is 2. The van der Waals surface area contributed by atoms with Crippen molar-refractivity contribution in [2.75, 3.05) is 20.3 Å². The van der Waals surface area contributed by atoms with E-state index in [0.717, 1.165) is 31.8 Å². The molecule has 0 radical (unpaired) electrons. The summed E-state index contributed by atoms with van der Waals surface area (Å²) >= 11 is 0. The van der Waals surface area contributed by atoms with Crippen LogP contribution in [0.2, 0.25) is 0 Å². The van der Waals surface area contributed by atoms with Crippen LogP contribution in [-0.2, 0) is 10.2 Å². The first-order valence-electron chi connectivity index (χ1n) is 12.2. The van der Waals surface area contributed by atoms with Crippen molar-refractivity contribution in [1.82, 2.24) is 0 Å². The summed E-state index contributed by atoms with van der Waals surface area (Å²) < 4.78 is 11.3. The molecule has 0 saturated heterocycles. The van der Waals surface area contributed by atoms with E-state index in [4.69, 9.17) is 9.47 Å². The third kappa shape index (κ3) is 9.07. The number of rotatable bonds is 10. The molecule has 0 N–H and O–H groups in total. The van der Waals surface area contributed by atoms with E-state index < -0.39 is 0 Å². The molecule has 2 aromatic carbocycles. The SMILES string of the molecule is CC.CC.CCC(C)COc1ccc(C(C)(C)c2ccc(C(CC)COC)cc2)cc1. The smallest absolute Gasteiger partial charge is 0.119 e. The first-order chi connectivity index (χ1) is 14.9. The molecule has 0 aliphatic rings. The van der Waals surface area contributed by atoms with E-state index in [1.807, 2.05) is 27.7 Å². The largest absolute Gasteiger partial charge is 0.493 e. The molecule has 176 valence electrons. The van der Waals surface area contributed by atoms with Crippen LogP contribution in [0.5, 0.6) is 5.75 Å². The average Bonchev–Trinajstić information content (AvgIpc) is 2.83. The van der Waals surface area contributed by atoms with Crippen molar-refractivity contribution in [2.45, 2.75) is 86.5 Å². The van der Waals surface area contributed by atoms with Gasteiger partial charge in [0.1, 0.15) is 5.75 Å². The highest BCUT2D eigenvalue weighted by Gasteiger charge is 2.23. The summed E-state index contributed by atoms with van der Waals surface area (Å²) in [5, 5.41) is 0. The van der Waals surface area contributed by atoms with Gasteiger partial charge in [0.25, 0.3) is 0 Å². The lowest BCUT2D eigenvalue weighted by Crippen LogP contribution is -2.19. The highest BCUT2D eigenvalue weighted by atomic mass is 16.5. The van der Waals surface area contributed by atoms with Crippen molar-refractivity contribution in [3.8, 4) is 5.75 Å². The van der Waals surface area contributed by atoms with Crippen LogP contribution in [0.3, 0.4) is 0 Å². The molecule has 0 aromatic heterocycles. The van der Waals surface area contributed by atoms with Gasteiger partial charge in [-0.25, -0.2) is 0 Å². The van der Waals surface area contributed by atoms with Crippen LogP contribution in [0.25, 0.3) is 0 Å². The molecular weight excluding hydrogens is 380 g/mol. The fraction of sp³-hybridized carbons (Fsp3) is 0.586. The summed E-state index contributed by atoms with van der Waals surface area (Å²) in [4.78, 5) is 0. The Labute approximate surface area is 193 Å². The molecule has 2 nitrogen and oxygen atoms in total. The molecule has 0 saturated carbocycles. The molecule has 2 atom stereocenters. The van der Waals surface area contributed by atoms with E-state index in [-0.39, 0.29) is 5.41 Å². The molecule has 2 rings (SSSR count). The predicted molar refractivity (Wildman–Crippen MR) is 138 cm³/mol. The topological polar surface area (TPSA) is 18.5 Å². The van der Waals surface area contributed by atoms with Crippen molar-refractivity contribution in [3.63, 3.8) is 0 Å². The van der Waals surface area contributed by atoms with Crippen LogP contribution >= 0.6 is 0 Å². The molecule has 0 amide bonds. The van der Waals surface area contributed by atoms with Crippen LogP contribution in [-0.4, -0.2) is 20.3 Å². The molecule has 2 unspecified atom stereocenters. The Morgan fingerprint density at radius 3 is 1.65 bits per heavy atom. The van der Waals surface area contributed by atoms with Crippen molar-refractivity contribution in [3.05, 3.63) is 65.2 Å². The van der Waals surface area contributed by atoms with E-state index in [2.05, 4.69) is 83.1 Å². The molecule has 0 spiro atoms. The van der Waals surface area contributed by atoms with E-state index in [9.17, 15) is 0 Å². The van der Waals surface area contributed by atoms with E-state index in [0.29, 0.717) is 11.8 Å². The zero-order chi connectivity index (χ0) is 23.9. The number of hydrogen-bond acceptors (Lipinski definition) is 2. The second kappa shape index (κ2) is 15.9. The number of benzene rings is 2. The minimum Gasteiger partial charge on any atom is -0.493 e. The molecule has 0 fully saturated rings. The Morgan fingerprint density at radius 2 is 1.23 bits per heavy atom. The van der Waals surface area contributed by atoms with E-state index in [1.165, 1.54) is 16.7 Å². The lowest BCUT2D eigenvalue weighted by molar-refractivity contribution is 0.177. The second-order valence-corrected chi connectivity index (χ2v) is 8.16. The molecule has 0 heterocycles. The standard InChI is InChI=1S/C25H36O2.2C2H6/c1-7-19(3)17-27-24-15-13-23(14-16-24)25(4,5)22-11-9-21(10-12-22)20(8-2)18-26-6;2*1-2/h9-16,19-20H,7-8,17-18H2,1-6H3;2*1-2H3. The highest BCUT2D eigenvalue weighted by molar-refractivity contribution is 5.41.